The van der Waals surface area contributed by atoms with Gasteiger partial charge in [-0.05, 0) is 24.4 Å². The summed E-state index contributed by atoms with van der Waals surface area (Å²) in [5.74, 6) is 0.779. The van der Waals surface area contributed by atoms with Gasteiger partial charge in [0.05, 0.1) is 12.7 Å². The van der Waals surface area contributed by atoms with Crippen LogP contribution in [-0.2, 0) is 4.79 Å². The molecule has 1 N–H and O–H groups in total. The molecule has 5 nitrogen and oxygen atoms in total. The topological polar surface area (TPSA) is 58.1 Å². The minimum atomic E-state index is -1.00. The Hall–Kier alpha value is -1.14. The minimum Gasteiger partial charge on any atom is -0.342 e. The Morgan fingerprint density at radius 1 is 1.40 bits per heavy atom. The lowest BCUT2D eigenvalue weighted by Gasteiger charge is -2.41. The first-order chi connectivity index (χ1) is 9.44. The summed E-state index contributed by atoms with van der Waals surface area (Å²) < 4.78 is 0. The molecule has 108 valence electrons. The number of anilines is 2. The summed E-state index contributed by atoms with van der Waals surface area (Å²) >= 11 is 5.91. The van der Waals surface area contributed by atoms with E-state index < -0.39 is 8.07 Å². The van der Waals surface area contributed by atoms with Gasteiger partial charge in [-0.2, -0.15) is 4.98 Å². The van der Waals surface area contributed by atoms with Gasteiger partial charge in [-0.25, -0.2) is 4.98 Å². The molecule has 2 aliphatic rings. The summed E-state index contributed by atoms with van der Waals surface area (Å²) in [7, 11) is -1.00. The van der Waals surface area contributed by atoms with Gasteiger partial charge in [-0.15, -0.1) is 0 Å². The zero-order valence-electron chi connectivity index (χ0n) is 11.8. The predicted octanol–water partition coefficient (Wildman–Crippen LogP) is 2.76. The smallest absolute Gasteiger partial charge is 0.244 e. The fourth-order valence-electron chi connectivity index (χ4n) is 3.08. The molecule has 2 aliphatic heterocycles. The van der Waals surface area contributed by atoms with Crippen molar-refractivity contribution < 1.29 is 4.79 Å². The molecule has 0 spiro atoms. The number of halogens is 1. The maximum Gasteiger partial charge on any atom is 0.244 e. The first-order valence-electron chi connectivity index (χ1n) is 7.04. The first kappa shape index (κ1) is 13.8. The standard InChI is InChI=1S/C13H19ClN4OSi/c1-20(2)5-3-9(4-6-20)18-8-11(19)16-10-7-15-13(14)17-12(10)18/h7,9H,3-6,8H2,1-2H3,(H,16,19). The third kappa shape index (κ3) is 2.67. The van der Waals surface area contributed by atoms with E-state index in [2.05, 4.69) is 33.3 Å². The highest BCUT2D eigenvalue weighted by atomic mass is 35.5. The summed E-state index contributed by atoms with van der Waals surface area (Å²) in [4.78, 5) is 22.2. The maximum absolute atomic E-state index is 11.9. The number of nitrogens with zero attached hydrogens (tertiary/aromatic N) is 3. The van der Waals surface area contributed by atoms with Crippen molar-refractivity contribution in [3.05, 3.63) is 11.5 Å². The highest BCUT2D eigenvalue weighted by Crippen LogP contribution is 2.36. The van der Waals surface area contributed by atoms with Crippen molar-refractivity contribution in [3.8, 4) is 0 Å². The van der Waals surface area contributed by atoms with E-state index in [1.54, 1.807) is 6.20 Å². The van der Waals surface area contributed by atoms with Gasteiger partial charge in [0.15, 0.2) is 5.82 Å². The second kappa shape index (κ2) is 5.00. The van der Waals surface area contributed by atoms with Crippen LogP contribution in [0.3, 0.4) is 0 Å². The van der Waals surface area contributed by atoms with E-state index in [-0.39, 0.29) is 11.2 Å². The largest absolute Gasteiger partial charge is 0.342 e. The van der Waals surface area contributed by atoms with Crippen molar-refractivity contribution in [2.45, 2.75) is 44.1 Å². The van der Waals surface area contributed by atoms with E-state index in [4.69, 9.17) is 11.6 Å². The monoisotopic (exact) mass is 310 g/mol. The number of fused-ring (bicyclic) bond motifs is 1. The number of nitrogens with one attached hydrogen (secondary N) is 1. The van der Waals surface area contributed by atoms with Gasteiger partial charge in [0.2, 0.25) is 11.2 Å². The Bertz CT molecular complexity index is 541. The zero-order chi connectivity index (χ0) is 14.3. The molecule has 0 atom stereocenters. The van der Waals surface area contributed by atoms with Crippen LogP contribution in [0.1, 0.15) is 12.8 Å². The van der Waals surface area contributed by atoms with Gasteiger partial charge in [0.1, 0.15) is 5.69 Å². The summed E-state index contributed by atoms with van der Waals surface area (Å²) in [5.41, 5.74) is 0.674. The molecule has 1 aromatic rings. The van der Waals surface area contributed by atoms with Gasteiger partial charge in [-0.1, -0.05) is 25.2 Å². The quantitative estimate of drug-likeness (QED) is 0.640. The molecule has 0 aromatic carbocycles. The lowest BCUT2D eigenvalue weighted by Crippen LogP contribution is -2.48. The zero-order valence-corrected chi connectivity index (χ0v) is 13.6. The highest BCUT2D eigenvalue weighted by molar-refractivity contribution is 6.77. The number of carbonyl (C=O) groups is 1. The molecule has 1 saturated heterocycles. The molecule has 3 heterocycles. The van der Waals surface area contributed by atoms with Crippen LogP contribution in [0, 0.1) is 0 Å². The van der Waals surface area contributed by atoms with Crippen LogP contribution in [0.4, 0.5) is 11.5 Å². The molecule has 1 aromatic heterocycles. The molecule has 7 heteroatoms. The Morgan fingerprint density at radius 3 is 2.80 bits per heavy atom. The average molecular weight is 311 g/mol. The van der Waals surface area contributed by atoms with Gasteiger partial charge in [-0.3, -0.25) is 4.79 Å². The molecular weight excluding hydrogens is 292 g/mol. The number of amides is 1. The fourth-order valence-corrected chi connectivity index (χ4v) is 5.68. The van der Waals surface area contributed by atoms with E-state index >= 15 is 0 Å². The molecular formula is C13H19ClN4OSi. The van der Waals surface area contributed by atoms with E-state index in [1.165, 1.54) is 12.1 Å². The van der Waals surface area contributed by atoms with E-state index in [0.717, 1.165) is 18.7 Å². The van der Waals surface area contributed by atoms with Crippen molar-refractivity contribution >= 4 is 37.1 Å². The molecule has 0 saturated carbocycles. The van der Waals surface area contributed by atoms with E-state index in [9.17, 15) is 4.79 Å². The van der Waals surface area contributed by atoms with E-state index in [1.807, 2.05) is 0 Å². The van der Waals surface area contributed by atoms with Crippen molar-refractivity contribution in [3.63, 3.8) is 0 Å². The highest BCUT2D eigenvalue weighted by Gasteiger charge is 2.35. The van der Waals surface area contributed by atoms with Crippen LogP contribution >= 0.6 is 11.6 Å². The number of carbonyl (C=O) groups excluding carboxylic acids is 1. The third-order valence-corrected chi connectivity index (χ3v) is 7.82. The number of hydrogen-bond acceptors (Lipinski definition) is 4. The van der Waals surface area contributed by atoms with Gasteiger partial charge in [0.25, 0.3) is 0 Å². The van der Waals surface area contributed by atoms with Crippen LogP contribution in [-0.4, -0.2) is 36.5 Å². The van der Waals surface area contributed by atoms with Gasteiger partial charge in [0, 0.05) is 14.1 Å². The minimum absolute atomic E-state index is 0.00509. The molecule has 0 aliphatic carbocycles. The molecule has 0 unspecified atom stereocenters. The van der Waals surface area contributed by atoms with Crippen molar-refractivity contribution in [2.24, 2.45) is 0 Å². The first-order valence-corrected chi connectivity index (χ1v) is 10.8. The SMILES string of the molecule is C[Si]1(C)CCC(N2CC(=O)Nc3cnc(Cl)nc32)CC1. The van der Waals surface area contributed by atoms with Crippen LogP contribution in [0.15, 0.2) is 6.20 Å². The molecule has 1 fully saturated rings. The Kier molecular flexibility index (Phi) is 3.46. The molecule has 0 radical (unpaired) electrons. The van der Waals surface area contributed by atoms with Crippen LogP contribution in [0.5, 0.6) is 0 Å². The number of rotatable bonds is 1. The lowest BCUT2D eigenvalue weighted by molar-refractivity contribution is -0.115. The van der Waals surface area contributed by atoms with Gasteiger partial charge >= 0.3 is 0 Å². The van der Waals surface area contributed by atoms with Crippen LogP contribution < -0.4 is 10.2 Å². The van der Waals surface area contributed by atoms with Crippen molar-refractivity contribution in [1.82, 2.24) is 9.97 Å². The summed E-state index contributed by atoms with van der Waals surface area (Å²) in [5, 5.41) is 3.05. The summed E-state index contributed by atoms with van der Waals surface area (Å²) in [6, 6.07) is 3.01. The average Bonchev–Trinajstić information content (AvgIpc) is 2.39. The second-order valence-corrected chi connectivity index (χ2v) is 12.1. The third-order valence-electron chi connectivity index (χ3n) is 4.35. The summed E-state index contributed by atoms with van der Waals surface area (Å²) in [6.07, 6.45) is 3.89. The number of hydrogen-bond donors (Lipinski definition) is 1. The van der Waals surface area contributed by atoms with E-state index in [0.29, 0.717) is 18.3 Å². The number of aromatic nitrogens is 2. The lowest BCUT2D eigenvalue weighted by atomic mass is 10.1. The molecule has 0 bridgehead atoms. The van der Waals surface area contributed by atoms with Crippen LogP contribution in [0.2, 0.25) is 30.5 Å². The predicted molar refractivity (Wildman–Crippen MR) is 83.1 cm³/mol. The Labute approximate surface area is 124 Å². The maximum atomic E-state index is 11.9. The van der Waals surface area contributed by atoms with Crippen LogP contribution in [0.25, 0.3) is 0 Å². The van der Waals surface area contributed by atoms with Crippen molar-refractivity contribution in [2.75, 3.05) is 16.8 Å². The molecule has 1 amide bonds. The normalized spacial score (nSPS) is 22.4. The molecule has 20 heavy (non-hydrogen) atoms. The Balaban J connectivity index is 1.87. The van der Waals surface area contributed by atoms with Crippen molar-refractivity contribution in [1.29, 1.82) is 0 Å². The Morgan fingerprint density at radius 2 is 2.10 bits per heavy atom. The van der Waals surface area contributed by atoms with Gasteiger partial charge < -0.3 is 10.2 Å². The fraction of sp³-hybridized carbons (Fsp3) is 0.615. The second-order valence-electron chi connectivity index (χ2n) is 6.45. The molecule has 3 rings (SSSR count). The summed E-state index contributed by atoms with van der Waals surface area (Å²) in [6.45, 7) is 5.26.